The van der Waals surface area contributed by atoms with Gasteiger partial charge in [0.25, 0.3) is 5.91 Å². The summed E-state index contributed by atoms with van der Waals surface area (Å²) in [5.41, 5.74) is 0.175. The summed E-state index contributed by atoms with van der Waals surface area (Å²) in [4.78, 5) is 19.0. The van der Waals surface area contributed by atoms with Crippen LogP contribution in [0.25, 0.3) is 11.0 Å². The number of β-amino-alcohol motifs (C(OH)–C–C–N with tert-alkyl or cyclic N) is 1. The van der Waals surface area contributed by atoms with E-state index in [-0.39, 0.29) is 41.6 Å². The molecule has 0 bridgehead atoms. The number of carbonyl (C=O) groups is 1. The summed E-state index contributed by atoms with van der Waals surface area (Å²) in [5, 5.41) is 17.0. The van der Waals surface area contributed by atoms with Crippen LogP contribution in [0.15, 0.2) is 30.6 Å². The van der Waals surface area contributed by atoms with Crippen molar-refractivity contribution in [2.45, 2.75) is 59.1 Å². The van der Waals surface area contributed by atoms with E-state index in [1.807, 2.05) is 20.8 Å². The lowest BCUT2D eigenvalue weighted by Gasteiger charge is -2.50. The normalized spacial score (nSPS) is 15.2. The minimum Gasteiger partial charge on any atom is -0.385 e. The molecule has 7 nitrogen and oxygen atoms in total. The fourth-order valence-corrected chi connectivity index (χ4v) is 4.26. The molecule has 2 aromatic carbocycles. The van der Waals surface area contributed by atoms with Crippen molar-refractivity contribution in [3.8, 4) is 0 Å². The molecule has 1 aromatic heterocycles. The van der Waals surface area contributed by atoms with Gasteiger partial charge in [-0.2, -0.15) is 0 Å². The van der Waals surface area contributed by atoms with Gasteiger partial charge in [-0.3, -0.25) is 4.79 Å². The average Bonchev–Trinajstić information content (AvgIpc) is 3.21. The number of aryl methyl sites for hydroxylation is 2. The molecule has 1 aliphatic rings. The van der Waals surface area contributed by atoms with Crippen LogP contribution in [0.2, 0.25) is 0 Å². The predicted molar refractivity (Wildman–Crippen MR) is 140 cm³/mol. The van der Waals surface area contributed by atoms with Gasteiger partial charge in [0.2, 0.25) is 0 Å². The van der Waals surface area contributed by atoms with Crippen LogP contribution in [0, 0.1) is 18.6 Å². The molecule has 1 atom stereocenters. The molecule has 0 radical (unpaired) electrons. The number of carbonyl (C=O) groups excluding carboxylic acids is 1. The van der Waals surface area contributed by atoms with E-state index in [0.717, 1.165) is 24.9 Å². The number of hydrogen-bond acceptors (Lipinski definition) is 5. The molecule has 4 rings (SSSR count). The Kier molecular flexibility index (Phi) is 8.68. The maximum atomic E-state index is 15.5. The monoisotopic (exact) mass is 501 g/mol. The number of benzene rings is 2. The molecule has 1 fully saturated rings. The maximum absolute atomic E-state index is 15.5. The topological polar surface area (TPSA) is 82.4 Å². The fraction of sp³-hybridized carbons (Fsp3) is 0.481. The van der Waals surface area contributed by atoms with Gasteiger partial charge in [0.05, 0.1) is 41.9 Å². The maximum Gasteiger partial charge on any atom is 0.256 e. The van der Waals surface area contributed by atoms with E-state index >= 15 is 4.39 Å². The van der Waals surface area contributed by atoms with Crippen molar-refractivity contribution in [1.82, 2.24) is 19.8 Å². The van der Waals surface area contributed by atoms with E-state index in [1.54, 1.807) is 30.7 Å². The summed E-state index contributed by atoms with van der Waals surface area (Å²) in [7, 11) is 1.71. The van der Waals surface area contributed by atoms with Gasteiger partial charge in [-0.15, -0.1) is 0 Å². The molecule has 0 spiro atoms. The number of anilines is 2. The number of fused-ring (bicyclic) bond motifs is 1. The van der Waals surface area contributed by atoms with Crippen molar-refractivity contribution in [2.24, 2.45) is 7.05 Å². The molecule has 1 aliphatic heterocycles. The quantitative estimate of drug-likeness (QED) is 0.383. The molecule has 1 saturated heterocycles. The van der Waals surface area contributed by atoms with Gasteiger partial charge in [-0.1, -0.05) is 33.3 Å². The first-order chi connectivity index (χ1) is 17.1. The van der Waals surface area contributed by atoms with Crippen LogP contribution < -0.4 is 10.6 Å². The van der Waals surface area contributed by atoms with E-state index in [0.29, 0.717) is 5.52 Å². The zero-order valence-electron chi connectivity index (χ0n) is 22.0. The predicted octanol–water partition coefficient (Wildman–Crippen LogP) is 4.89. The Morgan fingerprint density at radius 2 is 1.94 bits per heavy atom. The molecule has 1 amide bonds. The summed E-state index contributed by atoms with van der Waals surface area (Å²) >= 11 is 0. The fourth-order valence-electron chi connectivity index (χ4n) is 4.26. The second kappa shape index (κ2) is 11.3. The zero-order valence-corrected chi connectivity index (χ0v) is 22.0. The summed E-state index contributed by atoms with van der Waals surface area (Å²) in [6.45, 7) is 10.8. The Bertz CT molecular complexity index is 1220. The average molecular weight is 502 g/mol. The number of aromatic nitrogens is 2. The molecule has 2 heterocycles. The molecule has 36 heavy (non-hydrogen) atoms. The van der Waals surface area contributed by atoms with Crippen LogP contribution in [0.5, 0.6) is 0 Å². The van der Waals surface area contributed by atoms with Crippen molar-refractivity contribution >= 4 is 28.3 Å². The number of amides is 1. The van der Waals surface area contributed by atoms with Crippen LogP contribution in [-0.2, 0) is 7.05 Å². The molecule has 0 saturated carbocycles. The highest BCUT2D eigenvalue weighted by Crippen LogP contribution is 2.34. The second-order valence-corrected chi connectivity index (χ2v) is 9.24. The molecule has 196 valence electrons. The highest BCUT2D eigenvalue weighted by molar-refractivity contribution is 6.04. The highest BCUT2D eigenvalue weighted by Gasteiger charge is 2.48. The molecule has 3 N–H and O–H groups in total. The first kappa shape index (κ1) is 27.5. The number of aliphatic hydroxyl groups is 1. The van der Waals surface area contributed by atoms with Crippen molar-refractivity contribution in [1.29, 1.82) is 0 Å². The second-order valence-electron chi connectivity index (χ2n) is 9.24. The number of nitrogens with zero attached hydrogens (tertiary/aromatic N) is 3. The van der Waals surface area contributed by atoms with Gasteiger partial charge >= 0.3 is 0 Å². The number of halogens is 2. The number of rotatable bonds is 8. The van der Waals surface area contributed by atoms with Crippen LogP contribution in [0.1, 0.15) is 56.5 Å². The van der Waals surface area contributed by atoms with Crippen molar-refractivity contribution in [2.75, 3.05) is 25.0 Å². The lowest BCUT2D eigenvalue weighted by atomic mass is 9.86. The Morgan fingerprint density at radius 3 is 2.58 bits per heavy atom. The van der Waals surface area contributed by atoms with Crippen LogP contribution >= 0.6 is 0 Å². The Hall–Kier alpha value is -3.04. The Labute approximate surface area is 211 Å². The summed E-state index contributed by atoms with van der Waals surface area (Å²) in [6.07, 6.45) is 3.50. The molecule has 9 heteroatoms. The zero-order chi connectivity index (χ0) is 26.6. The largest absolute Gasteiger partial charge is 0.385 e. The van der Waals surface area contributed by atoms with E-state index in [9.17, 15) is 14.3 Å². The summed E-state index contributed by atoms with van der Waals surface area (Å²) < 4.78 is 31.7. The van der Waals surface area contributed by atoms with Gasteiger partial charge in [-0.25, -0.2) is 13.8 Å². The Balaban J connectivity index is 0.00000176. The minimum atomic E-state index is -1.06. The molecular weight excluding hydrogens is 464 g/mol. The van der Waals surface area contributed by atoms with Gasteiger partial charge in [0.1, 0.15) is 16.9 Å². The van der Waals surface area contributed by atoms with E-state index < -0.39 is 23.1 Å². The number of hydrogen-bond donors (Lipinski definition) is 3. The van der Waals surface area contributed by atoms with E-state index in [4.69, 9.17) is 0 Å². The third-order valence-electron chi connectivity index (χ3n) is 6.58. The van der Waals surface area contributed by atoms with Gasteiger partial charge in [0, 0.05) is 13.1 Å². The van der Waals surface area contributed by atoms with Gasteiger partial charge in [-0.05, 0) is 50.6 Å². The lowest BCUT2D eigenvalue weighted by Crippen LogP contribution is -2.70. The lowest BCUT2D eigenvalue weighted by molar-refractivity contribution is -0.100. The first-order valence-corrected chi connectivity index (χ1v) is 12.6. The first-order valence-electron chi connectivity index (χ1n) is 12.6. The van der Waals surface area contributed by atoms with Crippen LogP contribution in [-0.4, -0.2) is 56.7 Å². The molecule has 1 unspecified atom stereocenters. The van der Waals surface area contributed by atoms with Gasteiger partial charge in [0.15, 0.2) is 5.82 Å². The third kappa shape index (κ3) is 5.37. The van der Waals surface area contributed by atoms with Crippen LogP contribution in [0.3, 0.4) is 0 Å². The summed E-state index contributed by atoms with van der Waals surface area (Å²) in [5.74, 6) is -1.72. The van der Waals surface area contributed by atoms with Crippen LogP contribution in [0.4, 0.5) is 20.2 Å². The van der Waals surface area contributed by atoms with Crippen molar-refractivity contribution in [3.63, 3.8) is 0 Å². The van der Waals surface area contributed by atoms with E-state index in [1.165, 1.54) is 23.4 Å². The number of likely N-dealkylation sites (tertiary alicyclic amines) is 1. The molecular formula is C27H37F2N5O2. The number of imidazole rings is 1. The Morgan fingerprint density at radius 1 is 1.25 bits per heavy atom. The number of unbranched alkanes of at least 4 members (excludes halogenated alkanes) is 1. The highest BCUT2D eigenvalue weighted by atomic mass is 19.1. The molecule has 0 aliphatic carbocycles. The standard InChI is InChI=1S/C25H31F2N5O2.C2H6/c1-5-6-9-28-16(3)25(34)12-32(13-25)24(33)17-11-20-23(29-14-31(20)4)21(27)22(17)30-19-8-7-15(2)10-18(19)26;1-2/h7-8,10-11,14,16,28,30,34H,5-6,9,12-13H2,1-4H3;1-2H3. The molecule has 3 aromatic rings. The smallest absolute Gasteiger partial charge is 0.256 e. The summed E-state index contributed by atoms with van der Waals surface area (Å²) in [6, 6.07) is 5.91. The SMILES string of the molecule is CC.CCCCNC(C)C1(O)CN(C(=O)c2cc3c(ncn3C)c(F)c2Nc2ccc(C)cc2F)C1. The third-order valence-corrected chi connectivity index (χ3v) is 6.58. The number of nitrogens with one attached hydrogen (secondary N) is 2. The van der Waals surface area contributed by atoms with Crippen molar-refractivity contribution < 1.29 is 18.7 Å². The van der Waals surface area contributed by atoms with Crippen molar-refractivity contribution in [3.05, 3.63) is 53.4 Å². The minimum absolute atomic E-state index is 0.0576. The van der Waals surface area contributed by atoms with Gasteiger partial charge < -0.3 is 25.2 Å². The van der Waals surface area contributed by atoms with E-state index in [2.05, 4.69) is 22.5 Å².